The van der Waals surface area contributed by atoms with Crippen LogP contribution >= 0.6 is 0 Å². The molecule has 1 amide bonds. The van der Waals surface area contributed by atoms with E-state index in [-0.39, 0.29) is 25.4 Å². The average Bonchev–Trinajstić information content (AvgIpc) is 3.13. The van der Waals surface area contributed by atoms with E-state index in [1.165, 1.54) is 19.7 Å². The van der Waals surface area contributed by atoms with Gasteiger partial charge in [-0.2, -0.15) is 17.4 Å². The molecular formula is C25H39N3O6S. The molecule has 1 saturated heterocycles. The van der Waals surface area contributed by atoms with Gasteiger partial charge in [0.1, 0.15) is 5.75 Å². The molecule has 4 bridgehead atoms. The quantitative estimate of drug-likeness (QED) is 0.672. The smallest absolute Gasteiger partial charge is 0.410 e. The summed E-state index contributed by atoms with van der Waals surface area (Å²) in [6.07, 6.45) is 5.54. The highest BCUT2D eigenvalue weighted by molar-refractivity contribution is 7.87. The van der Waals surface area contributed by atoms with E-state index in [0.29, 0.717) is 25.4 Å². The topological polar surface area (TPSA) is 97.4 Å². The van der Waals surface area contributed by atoms with E-state index in [2.05, 4.69) is 22.9 Å². The molecule has 1 aromatic rings. The van der Waals surface area contributed by atoms with Crippen molar-refractivity contribution in [3.63, 3.8) is 0 Å². The number of carbonyl (C=O) groups is 1. The Bertz CT molecular complexity index is 964. The minimum Gasteiger partial charge on any atom is -0.494 e. The highest BCUT2D eigenvalue weighted by atomic mass is 32.2. The standard InChI is InChI=1S/C25H39N3O6S/c1-18-15-23(26-35(30,31)27(2)3)24-17-34-21-11-9-19(10-12-21)20-7-6-8-22(16-20)32-13-4-5-14-33-25(29)28(18)24/h6-8,16,18-19,21,23-24,26H,4-5,9-15,17H2,1-3H3. The van der Waals surface area contributed by atoms with Gasteiger partial charge in [0.05, 0.1) is 32.0 Å². The van der Waals surface area contributed by atoms with E-state index in [9.17, 15) is 13.2 Å². The minimum atomic E-state index is -3.65. The van der Waals surface area contributed by atoms with E-state index < -0.39 is 28.4 Å². The van der Waals surface area contributed by atoms with Crippen LogP contribution in [0.3, 0.4) is 0 Å². The van der Waals surface area contributed by atoms with Crippen molar-refractivity contribution in [1.82, 2.24) is 13.9 Å². The van der Waals surface area contributed by atoms with Gasteiger partial charge in [-0.15, -0.1) is 0 Å². The highest BCUT2D eigenvalue weighted by Gasteiger charge is 2.45. The summed E-state index contributed by atoms with van der Waals surface area (Å²) in [7, 11) is -0.670. The summed E-state index contributed by atoms with van der Waals surface area (Å²) in [6, 6.07) is 7.33. The SMILES string of the molecule is CC1CC(NS(=O)(=O)N(C)C)C2COC3CCC(CC3)c3cccc(c3)OCCCCOC(=O)N12. The zero-order valence-corrected chi connectivity index (χ0v) is 21.8. The zero-order chi connectivity index (χ0) is 25.0. The van der Waals surface area contributed by atoms with Crippen molar-refractivity contribution in [2.24, 2.45) is 0 Å². The molecule has 3 atom stereocenters. The van der Waals surface area contributed by atoms with Crippen LogP contribution in [0.5, 0.6) is 5.75 Å². The van der Waals surface area contributed by atoms with Crippen LogP contribution in [-0.2, 0) is 19.7 Å². The number of rotatable bonds is 3. The summed E-state index contributed by atoms with van der Waals surface area (Å²) in [4.78, 5) is 14.7. The molecule has 0 radical (unpaired) electrons. The molecule has 3 heterocycles. The van der Waals surface area contributed by atoms with Gasteiger partial charge in [0, 0.05) is 26.2 Å². The van der Waals surface area contributed by atoms with Gasteiger partial charge in [-0.1, -0.05) is 12.1 Å². The van der Waals surface area contributed by atoms with Crippen LogP contribution in [0.15, 0.2) is 24.3 Å². The Morgan fingerprint density at radius 1 is 1.06 bits per heavy atom. The van der Waals surface area contributed by atoms with Crippen molar-refractivity contribution in [3.8, 4) is 5.75 Å². The molecule has 0 aromatic heterocycles. The fourth-order valence-corrected chi connectivity index (χ4v) is 6.22. The molecule has 4 aliphatic rings. The Kier molecular flexibility index (Phi) is 8.57. The molecular weight excluding hydrogens is 470 g/mol. The second-order valence-corrected chi connectivity index (χ2v) is 12.0. The van der Waals surface area contributed by atoms with Crippen molar-refractivity contribution in [1.29, 1.82) is 0 Å². The van der Waals surface area contributed by atoms with E-state index in [4.69, 9.17) is 14.2 Å². The van der Waals surface area contributed by atoms with Gasteiger partial charge >= 0.3 is 6.09 Å². The third-order valence-corrected chi connectivity index (χ3v) is 8.98. The second-order valence-electron chi connectivity index (χ2n) is 10.1. The molecule has 9 nitrogen and oxygen atoms in total. The summed E-state index contributed by atoms with van der Waals surface area (Å²) in [5.74, 6) is 1.37. The molecule has 35 heavy (non-hydrogen) atoms. The second kappa shape index (κ2) is 11.5. The number of fused-ring (bicyclic) bond motifs is 9. The minimum absolute atomic E-state index is 0.0875. The summed E-state index contributed by atoms with van der Waals surface area (Å²) in [5.41, 5.74) is 1.31. The van der Waals surface area contributed by atoms with Crippen LogP contribution in [-0.4, -0.2) is 81.9 Å². The molecule has 1 saturated carbocycles. The lowest BCUT2D eigenvalue weighted by molar-refractivity contribution is -0.0107. The molecule has 2 fully saturated rings. The third-order valence-electron chi connectivity index (χ3n) is 7.42. The van der Waals surface area contributed by atoms with E-state index >= 15 is 0 Å². The fraction of sp³-hybridized carbons (Fsp3) is 0.720. The molecule has 1 N–H and O–H groups in total. The Balaban J connectivity index is 1.51. The molecule has 3 unspecified atom stereocenters. The first-order valence-electron chi connectivity index (χ1n) is 12.7. The molecule has 1 aromatic carbocycles. The van der Waals surface area contributed by atoms with Gasteiger partial charge in [0.25, 0.3) is 10.2 Å². The lowest BCUT2D eigenvalue weighted by Gasteiger charge is -2.33. The van der Waals surface area contributed by atoms with Crippen LogP contribution in [0.25, 0.3) is 0 Å². The lowest BCUT2D eigenvalue weighted by atomic mass is 9.82. The maximum Gasteiger partial charge on any atom is 0.410 e. The van der Waals surface area contributed by atoms with Crippen molar-refractivity contribution < 1.29 is 27.4 Å². The maximum absolute atomic E-state index is 13.1. The number of carbonyl (C=O) groups excluding carboxylic acids is 1. The third kappa shape index (κ3) is 6.47. The lowest BCUT2D eigenvalue weighted by Crippen LogP contribution is -2.52. The van der Waals surface area contributed by atoms with Crippen LogP contribution in [0, 0.1) is 0 Å². The Morgan fingerprint density at radius 3 is 2.49 bits per heavy atom. The number of amides is 1. The number of benzene rings is 1. The maximum atomic E-state index is 13.1. The Labute approximate surface area is 209 Å². The summed E-state index contributed by atoms with van der Waals surface area (Å²) >= 11 is 0. The summed E-state index contributed by atoms with van der Waals surface area (Å²) in [5, 5.41) is 0. The van der Waals surface area contributed by atoms with Gasteiger partial charge in [-0.05, 0) is 75.5 Å². The molecule has 3 aliphatic heterocycles. The largest absolute Gasteiger partial charge is 0.494 e. The van der Waals surface area contributed by atoms with Crippen molar-refractivity contribution in [3.05, 3.63) is 29.8 Å². The molecule has 196 valence electrons. The zero-order valence-electron chi connectivity index (χ0n) is 21.0. The van der Waals surface area contributed by atoms with Crippen molar-refractivity contribution in [2.45, 2.75) is 82.0 Å². The average molecular weight is 510 g/mol. The summed E-state index contributed by atoms with van der Waals surface area (Å²) in [6.45, 7) is 3.06. The van der Waals surface area contributed by atoms with Gasteiger partial charge < -0.3 is 14.2 Å². The number of hydrogen-bond acceptors (Lipinski definition) is 6. The highest BCUT2D eigenvalue weighted by Crippen LogP contribution is 2.36. The predicted molar refractivity (Wildman–Crippen MR) is 133 cm³/mol. The first-order valence-corrected chi connectivity index (χ1v) is 14.2. The van der Waals surface area contributed by atoms with Crippen LogP contribution in [0.2, 0.25) is 0 Å². The molecule has 1 aliphatic carbocycles. The van der Waals surface area contributed by atoms with Crippen LogP contribution in [0.1, 0.15) is 63.4 Å². The predicted octanol–water partition coefficient (Wildman–Crippen LogP) is 3.27. The van der Waals surface area contributed by atoms with Crippen LogP contribution in [0.4, 0.5) is 4.79 Å². The van der Waals surface area contributed by atoms with Gasteiger partial charge in [-0.25, -0.2) is 4.79 Å². The number of nitrogens with zero attached hydrogens (tertiary/aromatic N) is 2. The van der Waals surface area contributed by atoms with E-state index in [0.717, 1.165) is 42.2 Å². The Morgan fingerprint density at radius 2 is 1.77 bits per heavy atom. The monoisotopic (exact) mass is 509 g/mol. The first kappa shape index (κ1) is 26.2. The molecule has 0 spiro atoms. The van der Waals surface area contributed by atoms with Crippen LogP contribution < -0.4 is 9.46 Å². The van der Waals surface area contributed by atoms with Crippen molar-refractivity contribution in [2.75, 3.05) is 33.9 Å². The van der Waals surface area contributed by atoms with Gasteiger partial charge in [0.2, 0.25) is 0 Å². The number of nitrogens with one attached hydrogen (secondary N) is 1. The number of hydrogen-bond donors (Lipinski definition) is 1. The molecule has 5 rings (SSSR count). The Hall–Kier alpha value is -1.88. The van der Waals surface area contributed by atoms with E-state index in [1.54, 1.807) is 4.90 Å². The number of ether oxygens (including phenoxy) is 3. The van der Waals surface area contributed by atoms with Gasteiger partial charge in [0.15, 0.2) is 0 Å². The molecule has 10 heteroatoms. The fourth-order valence-electron chi connectivity index (χ4n) is 5.38. The normalized spacial score (nSPS) is 30.8. The first-order chi connectivity index (χ1) is 16.7. The van der Waals surface area contributed by atoms with Crippen molar-refractivity contribution >= 4 is 16.3 Å². The van der Waals surface area contributed by atoms with Gasteiger partial charge in [-0.3, -0.25) is 4.90 Å². The van der Waals surface area contributed by atoms with E-state index in [1.807, 2.05) is 13.0 Å². The summed E-state index contributed by atoms with van der Waals surface area (Å²) < 4.78 is 46.9.